The van der Waals surface area contributed by atoms with E-state index in [1.54, 1.807) is 12.3 Å². The number of anilines is 3. The van der Waals surface area contributed by atoms with Gasteiger partial charge in [0.15, 0.2) is 0 Å². The van der Waals surface area contributed by atoms with E-state index in [0.717, 1.165) is 29.0 Å². The van der Waals surface area contributed by atoms with Gasteiger partial charge in [-0.15, -0.1) is 0 Å². The summed E-state index contributed by atoms with van der Waals surface area (Å²) in [6, 6.07) is 7.39. The molecule has 0 unspecified atom stereocenters. The van der Waals surface area contributed by atoms with Gasteiger partial charge in [-0.3, -0.25) is 0 Å². The fourth-order valence-corrected chi connectivity index (χ4v) is 3.58. The smallest absolute Gasteiger partial charge is 0.144 e. The number of nitrogen functional groups attached to an aromatic ring is 1. The van der Waals surface area contributed by atoms with Crippen LogP contribution in [0.3, 0.4) is 0 Å². The number of nitrogens with two attached hydrogens (primary N) is 1. The maximum absolute atomic E-state index is 6.10. The Bertz CT molecular complexity index is 735. The molecule has 1 aromatic heterocycles. The molecule has 1 saturated heterocycles. The highest BCUT2D eigenvalue weighted by atomic mass is 79.9. The minimum atomic E-state index is 0.573. The summed E-state index contributed by atoms with van der Waals surface area (Å²) in [5, 5.41) is 3.85. The number of aromatic nitrogens is 1. The molecule has 1 aliphatic rings. The average molecular weight is 426 g/mol. The van der Waals surface area contributed by atoms with Crippen LogP contribution in [0.15, 0.2) is 34.9 Å². The predicted molar refractivity (Wildman–Crippen MR) is 107 cm³/mol. The first kappa shape index (κ1) is 18.3. The molecule has 1 fully saturated rings. The Morgan fingerprint density at radius 1 is 1.36 bits per heavy atom. The van der Waals surface area contributed by atoms with Crippen LogP contribution in [0.4, 0.5) is 17.2 Å². The normalized spacial score (nSPS) is 16.0. The summed E-state index contributed by atoms with van der Waals surface area (Å²) >= 11 is 9.42. The van der Waals surface area contributed by atoms with Crippen LogP contribution in [-0.2, 0) is 0 Å². The van der Waals surface area contributed by atoms with E-state index in [4.69, 9.17) is 22.1 Å². The molecular weight excluding hydrogens is 404 g/mol. The maximum atomic E-state index is 6.10. The predicted octanol–water partition coefficient (Wildman–Crippen LogP) is 4.54. The van der Waals surface area contributed by atoms with Gasteiger partial charge in [-0.1, -0.05) is 11.6 Å². The number of benzene rings is 1. The lowest BCUT2D eigenvalue weighted by molar-refractivity contribution is 0.160. The number of halogens is 2. The molecule has 5 nitrogen and oxygen atoms in total. The molecule has 0 aliphatic carbocycles. The van der Waals surface area contributed by atoms with Crippen LogP contribution < -0.4 is 15.8 Å². The minimum Gasteiger partial charge on any atom is -0.491 e. The number of hydrogen-bond donors (Lipinski definition) is 2. The van der Waals surface area contributed by atoms with Gasteiger partial charge in [-0.25, -0.2) is 4.98 Å². The van der Waals surface area contributed by atoms with E-state index in [1.807, 2.05) is 18.2 Å². The molecular formula is C18H22BrClN4O. The molecule has 2 aromatic rings. The maximum Gasteiger partial charge on any atom is 0.144 e. The van der Waals surface area contributed by atoms with Gasteiger partial charge in [-0.2, -0.15) is 0 Å². The van der Waals surface area contributed by atoms with E-state index in [0.29, 0.717) is 29.1 Å². The van der Waals surface area contributed by atoms with E-state index in [9.17, 15) is 0 Å². The fourth-order valence-electron chi connectivity index (χ4n) is 2.84. The van der Waals surface area contributed by atoms with Crippen LogP contribution in [0.1, 0.15) is 12.8 Å². The summed E-state index contributed by atoms with van der Waals surface area (Å²) in [6.07, 6.45) is 3.93. The van der Waals surface area contributed by atoms with Gasteiger partial charge in [0.05, 0.1) is 21.8 Å². The van der Waals surface area contributed by atoms with Crippen molar-refractivity contribution in [2.24, 2.45) is 5.92 Å². The summed E-state index contributed by atoms with van der Waals surface area (Å²) in [4.78, 5) is 6.67. The molecule has 0 atom stereocenters. The number of hydrogen-bond acceptors (Lipinski definition) is 5. The molecule has 0 bridgehead atoms. The van der Waals surface area contributed by atoms with Crippen molar-refractivity contribution in [1.29, 1.82) is 0 Å². The summed E-state index contributed by atoms with van der Waals surface area (Å²) in [5.41, 5.74) is 7.40. The zero-order valence-electron chi connectivity index (χ0n) is 14.1. The van der Waals surface area contributed by atoms with Crippen LogP contribution in [0.2, 0.25) is 5.02 Å². The van der Waals surface area contributed by atoms with Gasteiger partial charge in [-0.05, 0) is 79.1 Å². The lowest BCUT2D eigenvalue weighted by atomic mass is 9.98. The Balaban J connectivity index is 1.71. The summed E-state index contributed by atoms with van der Waals surface area (Å²) < 4.78 is 6.88. The molecule has 0 spiro atoms. The second-order valence-electron chi connectivity index (χ2n) is 6.42. The topological polar surface area (TPSA) is 63.4 Å². The van der Waals surface area contributed by atoms with Crippen molar-refractivity contribution in [3.05, 3.63) is 40.0 Å². The van der Waals surface area contributed by atoms with Crippen LogP contribution in [-0.4, -0.2) is 36.6 Å². The van der Waals surface area contributed by atoms with Gasteiger partial charge < -0.3 is 20.7 Å². The Morgan fingerprint density at radius 3 is 2.84 bits per heavy atom. The van der Waals surface area contributed by atoms with Crippen LogP contribution >= 0.6 is 27.5 Å². The second-order valence-corrected chi connectivity index (χ2v) is 7.71. The van der Waals surface area contributed by atoms with Crippen molar-refractivity contribution < 1.29 is 4.74 Å². The Hall–Kier alpha value is -1.50. The van der Waals surface area contributed by atoms with Crippen molar-refractivity contribution in [2.75, 3.05) is 37.8 Å². The summed E-state index contributed by atoms with van der Waals surface area (Å²) in [5.74, 6) is 2.03. The van der Waals surface area contributed by atoms with E-state index in [-0.39, 0.29) is 0 Å². The lowest BCUT2D eigenvalue weighted by Crippen LogP contribution is -2.32. The van der Waals surface area contributed by atoms with Gasteiger partial charge >= 0.3 is 0 Å². The molecule has 25 heavy (non-hydrogen) atoms. The van der Waals surface area contributed by atoms with Gasteiger partial charge in [0.1, 0.15) is 11.6 Å². The molecule has 0 radical (unpaired) electrons. The molecule has 3 N–H and O–H groups in total. The van der Waals surface area contributed by atoms with Crippen molar-refractivity contribution in [3.8, 4) is 5.75 Å². The third-order valence-corrected chi connectivity index (χ3v) is 5.19. The highest BCUT2D eigenvalue weighted by Crippen LogP contribution is 2.33. The van der Waals surface area contributed by atoms with E-state index in [2.05, 4.69) is 38.2 Å². The molecule has 7 heteroatoms. The average Bonchev–Trinajstić information content (AvgIpc) is 2.58. The molecule has 2 heterocycles. The minimum absolute atomic E-state index is 0.573. The number of nitrogens with zero attached hydrogens (tertiary/aromatic N) is 2. The van der Waals surface area contributed by atoms with Gasteiger partial charge in [0.25, 0.3) is 0 Å². The van der Waals surface area contributed by atoms with Crippen molar-refractivity contribution in [1.82, 2.24) is 9.88 Å². The number of ether oxygens (including phenoxy) is 1. The Labute approximate surface area is 161 Å². The van der Waals surface area contributed by atoms with E-state index >= 15 is 0 Å². The summed E-state index contributed by atoms with van der Waals surface area (Å²) in [7, 11) is 2.16. The molecule has 134 valence electrons. The number of piperidine rings is 1. The number of nitrogens with one attached hydrogen (secondary N) is 1. The molecule has 0 amide bonds. The first-order chi connectivity index (χ1) is 12.0. The third-order valence-electron chi connectivity index (χ3n) is 4.38. The lowest BCUT2D eigenvalue weighted by Gasteiger charge is -2.29. The van der Waals surface area contributed by atoms with Crippen LogP contribution in [0, 0.1) is 5.92 Å². The Kier molecular flexibility index (Phi) is 6.04. The first-order valence-corrected chi connectivity index (χ1v) is 9.47. The third kappa shape index (κ3) is 5.00. The number of pyridine rings is 1. The fraction of sp³-hybridized carbons (Fsp3) is 0.389. The van der Waals surface area contributed by atoms with Crippen molar-refractivity contribution in [3.63, 3.8) is 0 Å². The zero-order valence-corrected chi connectivity index (χ0v) is 16.5. The van der Waals surface area contributed by atoms with Gasteiger partial charge in [0, 0.05) is 11.9 Å². The Morgan fingerprint density at radius 2 is 2.12 bits per heavy atom. The molecule has 1 aromatic carbocycles. The quantitative estimate of drug-likeness (QED) is 0.688. The number of likely N-dealkylation sites (tertiary alicyclic amines) is 1. The molecule has 3 rings (SSSR count). The first-order valence-electron chi connectivity index (χ1n) is 8.30. The van der Waals surface area contributed by atoms with Crippen molar-refractivity contribution >= 4 is 44.7 Å². The second kappa shape index (κ2) is 8.25. The highest BCUT2D eigenvalue weighted by Gasteiger charge is 2.18. The van der Waals surface area contributed by atoms with E-state index < -0.39 is 0 Å². The van der Waals surface area contributed by atoms with Crippen LogP contribution in [0.5, 0.6) is 5.75 Å². The zero-order chi connectivity index (χ0) is 17.8. The van der Waals surface area contributed by atoms with Gasteiger partial charge in [0.2, 0.25) is 0 Å². The highest BCUT2D eigenvalue weighted by molar-refractivity contribution is 9.10. The standard InChI is InChI=1S/C18H22BrClN4O/c1-24-6-4-12(5-7-24)11-25-17-3-2-14(21)9-16(17)23-18-15(19)8-13(20)10-22-18/h2-3,8-10,12H,4-7,11,21H2,1H3,(H,22,23). The van der Waals surface area contributed by atoms with E-state index in [1.165, 1.54) is 12.8 Å². The van der Waals surface area contributed by atoms with Crippen LogP contribution in [0.25, 0.3) is 0 Å². The summed E-state index contributed by atoms with van der Waals surface area (Å²) in [6.45, 7) is 2.96. The number of rotatable bonds is 5. The SMILES string of the molecule is CN1CCC(COc2ccc(N)cc2Nc2ncc(Cl)cc2Br)CC1. The molecule has 1 aliphatic heterocycles. The molecule has 0 saturated carbocycles. The monoisotopic (exact) mass is 424 g/mol. The largest absolute Gasteiger partial charge is 0.491 e. The van der Waals surface area contributed by atoms with Crippen molar-refractivity contribution in [2.45, 2.75) is 12.8 Å².